The minimum Gasteiger partial charge on any atom is -0.497 e. The second-order valence-corrected chi connectivity index (χ2v) is 7.19. The van der Waals surface area contributed by atoms with Gasteiger partial charge in [0.25, 0.3) is 0 Å². The van der Waals surface area contributed by atoms with Crippen LogP contribution in [0, 0.1) is 5.41 Å². The molecule has 0 aliphatic heterocycles. The highest BCUT2D eigenvalue weighted by Gasteiger charge is 2.36. The molecule has 2 aliphatic rings. The van der Waals surface area contributed by atoms with E-state index in [1.165, 1.54) is 7.11 Å². The number of carbonyl (C=O) groups is 2. The van der Waals surface area contributed by atoms with E-state index in [1.807, 2.05) is 24.3 Å². The summed E-state index contributed by atoms with van der Waals surface area (Å²) in [6, 6.07) is 5.78. The van der Waals surface area contributed by atoms with Crippen molar-refractivity contribution >= 4 is 23.4 Å². The molecule has 126 valence electrons. The van der Waals surface area contributed by atoms with E-state index in [0.717, 1.165) is 34.4 Å². The van der Waals surface area contributed by atoms with Crippen molar-refractivity contribution in [3.05, 3.63) is 40.5 Å². The molecule has 1 aromatic rings. The van der Waals surface area contributed by atoms with Gasteiger partial charge in [0.2, 0.25) is 0 Å². The van der Waals surface area contributed by atoms with Crippen LogP contribution in [-0.4, -0.2) is 26.0 Å². The van der Waals surface area contributed by atoms with Gasteiger partial charge in [-0.2, -0.15) is 0 Å². The number of ketones is 1. The predicted octanol–water partition coefficient (Wildman–Crippen LogP) is 3.80. The van der Waals surface area contributed by atoms with Crippen LogP contribution in [0.1, 0.15) is 44.2 Å². The first-order valence-electron chi connectivity index (χ1n) is 8.07. The first kappa shape index (κ1) is 16.5. The summed E-state index contributed by atoms with van der Waals surface area (Å²) in [6.45, 7) is 4.22. The molecule has 0 fully saturated rings. The van der Waals surface area contributed by atoms with Crippen LogP contribution < -0.4 is 4.74 Å². The Morgan fingerprint density at radius 2 is 1.88 bits per heavy atom. The van der Waals surface area contributed by atoms with Crippen molar-refractivity contribution in [2.24, 2.45) is 5.41 Å². The normalized spacial score (nSPS) is 19.0. The number of benzene rings is 1. The smallest absolute Gasteiger partial charge is 0.334 e. The summed E-state index contributed by atoms with van der Waals surface area (Å²) in [7, 11) is 2.98. The van der Waals surface area contributed by atoms with E-state index in [0.29, 0.717) is 18.4 Å². The summed E-state index contributed by atoms with van der Waals surface area (Å²) in [5.74, 6) is 0.453. The largest absolute Gasteiger partial charge is 0.497 e. The van der Waals surface area contributed by atoms with Gasteiger partial charge in [0, 0.05) is 24.0 Å². The highest BCUT2D eigenvalue weighted by atomic mass is 16.5. The third-order valence-corrected chi connectivity index (χ3v) is 4.72. The molecule has 1 aromatic carbocycles. The first-order chi connectivity index (χ1) is 11.3. The van der Waals surface area contributed by atoms with Crippen molar-refractivity contribution in [1.29, 1.82) is 0 Å². The first-order valence-corrected chi connectivity index (χ1v) is 8.07. The Morgan fingerprint density at radius 3 is 2.54 bits per heavy atom. The number of carbonyl (C=O) groups excluding carboxylic acids is 2. The van der Waals surface area contributed by atoms with Crippen molar-refractivity contribution in [2.45, 2.75) is 33.1 Å². The molecule has 4 heteroatoms. The zero-order valence-corrected chi connectivity index (χ0v) is 14.6. The van der Waals surface area contributed by atoms with Gasteiger partial charge in [0.05, 0.1) is 14.2 Å². The van der Waals surface area contributed by atoms with Gasteiger partial charge < -0.3 is 9.47 Å². The molecule has 0 spiro atoms. The molecule has 24 heavy (non-hydrogen) atoms. The second-order valence-electron chi connectivity index (χ2n) is 7.19. The molecule has 0 saturated carbocycles. The second kappa shape index (κ2) is 5.93. The number of allylic oxidation sites excluding steroid dienone is 2. The molecule has 0 aromatic heterocycles. The van der Waals surface area contributed by atoms with E-state index in [-0.39, 0.29) is 11.2 Å². The van der Waals surface area contributed by atoms with Gasteiger partial charge >= 0.3 is 5.97 Å². The molecule has 0 unspecified atom stereocenters. The maximum absolute atomic E-state index is 12.7. The highest BCUT2D eigenvalue weighted by molar-refractivity contribution is 6.09. The molecule has 0 heterocycles. The van der Waals surface area contributed by atoms with E-state index in [4.69, 9.17) is 9.47 Å². The Hall–Kier alpha value is -2.36. The van der Waals surface area contributed by atoms with Crippen molar-refractivity contribution < 1.29 is 19.1 Å². The average molecular weight is 326 g/mol. The lowest BCUT2D eigenvalue weighted by Gasteiger charge is -2.32. The van der Waals surface area contributed by atoms with Crippen molar-refractivity contribution in [3.8, 4) is 5.75 Å². The number of hydrogen-bond acceptors (Lipinski definition) is 4. The van der Waals surface area contributed by atoms with E-state index < -0.39 is 5.97 Å². The number of rotatable bonds is 2. The summed E-state index contributed by atoms with van der Waals surface area (Å²) in [5.41, 5.74) is 4.11. The maximum Gasteiger partial charge on any atom is 0.334 e. The zero-order chi connectivity index (χ0) is 17.5. The molecule has 4 nitrogen and oxygen atoms in total. The fourth-order valence-electron chi connectivity index (χ4n) is 3.57. The number of Topliss-reactive ketones (excluding diaryl/α,β-unsaturated/α-hetero) is 1. The van der Waals surface area contributed by atoms with Gasteiger partial charge in [-0.1, -0.05) is 19.9 Å². The average Bonchev–Trinajstić information content (AvgIpc) is 2.69. The lowest BCUT2D eigenvalue weighted by molar-refractivity contribution is -0.136. The Labute approximate surface area is 142 Å². The lowest BCUT2D eigenvalue weighted by Crippen LogP contribution is -2.25. The predicted molar refractivity (Wildman–Crippen MR) is 92.5 cm³/mol. The molecular weight excluding hydrogens is 304 g/mol. The summed E-state index contributed by atoms with van der Waals surface area (Å²) in [5, 5.41) is 0. The molecule has 0 atom stereocenters. The zero-order valence-electron chi connectivity index (χ0n) is 14.6. The third kappa shape index (κ3) is 2.88. The van der Waals surface area contributed by atoms with Crippen LogP contribution in [0.3, 0.4) is 0 Å². The monoisotopic (exact) mass is 326 g/mol. The molecule has 0 saturated heterocycles. The van der Waals surface area contributed by atoms with Crippen LogP contribution in [0.2, 0.25) is 0 Å². The fourth-order valence-corrected chi connectivity index (χ4v) is 3.57. The number of fused-ring (bicyclic) bond motifs is 2. The van der Waals surface area contributed by atoms with E-state index >= 15 is 0 Å². The molecule has 0 bridgehead atoms. The van der Waals surface area contributed by atoms with Crippen LogP contribution in [-0.2, 0) is 14.3 Å². The van der Waals surface area contributed by atoms with Crippen LogP contribution in [0.15, 0.2) is 29.3 Å². The van der Waals surface area contributed by atoms with E-state index in [9.17, 15) is 9.59 Å². The lowest BCUT2D eigenvalue weighted by atomic mass is 9.71. The Morgan fingerprint density at radius 1 is 1.12 bits per heavy atom. The third-order valence-electron chi connectivity index (χ3n) is 4.72. The molecule has 2 aliphatic carbocycles. The number of ether oxygens (including phenoxy) is 2. The van der Waals surface area contributed by atoms with Crippen molar-refractivity contribution in [1.82, 2.24) is 0 Å². The van der Waals surface area contributed by atoms with Crippen molar-refractivity contribution in [3.63, 3.8) is 0 Å². The minimum atomic E-state index is -0.393. The molecule has 0 N–H and O–H groups in total. The minimum absolute atomic E-state index is 0.0805. The molecular formula is C20H22O4. The Balaban J connectivity index is 2.23. The Kier molecular flexibility index (Phi) is 4.08. The number of hydrogen-bond donors (Lipinski definition) is 0. The summed E-state index contributed by atoms with van der Waals surface area (Å²) >= 11 is 0. The molecule has 0 radical (unpaired) electrons. The standard InChI is InChI=1S/C20H22O4/c1-20(2)10-17-15-6-5-14(23-3)8-12(15)7-13(19(22)24-4)9-16(17)18(21)11-20/h5-8H,9-11H2,1-4H3. The quantitative estimate of drug-likeness (QED) is 0.776. The highest BCUT2D eigenvalue weighted by Crippen LogP contribution is 2.46. The van der Waals surface area contributed by atoms with Crippen LogP contribution >= 0.6 is 0 Å². The summed E-state index contributed by atoms with van der Waals surface area (Å²) in [4.78, 5) is 24.9. The van der Waals surface area contributed by atoms with Crippen molar-refractivity contribution in [2.75, 3.05) is 14.2 Å². The van der Waals surface area contributed by atoms with E-state index in [1.54, 1.807) is 7.11 Å². The van der Waals surface area contributed by atoms with Crippen LogP contribution in [0.25, 0.3) is 11.6 Å². The summed E-state index contributed by atoms with van der Waals surface area (Å²) < 4.78 is 10.2. The van der Waals surface area contributed by atoms with E-state index in [2.05, 4.69) is 13.8 Å². The van der Waals surface area contributed by atoms with Gasteiger partial charge in [-0.3, -0.25) is 4.79 Å². The topological polar surface area (TPSA) is 52.6 Å². The molecule has 0 amide bonds. The number of methoxy groups -OCH3 is 2. The number of esters is 1. The summed E-state index contributed by atoms with van der Waals surface area (Å²) in [6.07, 6.45) is 3.47. The maximum atomic E-state index is 12.7. The van der Waals surface area contributed by atoms with Crippen LogP contribution in [0.4, 0.5) is 0 Å². The van der Waals surface area contributed by atoms with Gasteiger partial charge in [-0.25, -0.2) is 4.79 Å². The Bertz CT molecular complexity index is 781. The van der Waals surface area contributed by atoms with Gasteiger partial charge in [-0.15, -0.1) is 0 Å². The van der Waals surface area contributed by atoms with Gasteiger partial charge in [0.1, 0.15) is 5.75 Å². The van der Waals surface area contributed by atoms with Gasteiger partial charge in [0.15, 0.2) is 5.78 Å². The van der Waals surface area contributed by atoms with Crippen LogP contribution in [0.5, 0.6) is 5.75 Å². The fraction of sp³-hybridized carbons (Fsp3) is 0.400. The SMILES string of the molecule is COC(=O)C1=Cc2cc(OC)ccc2C2=C(C1)C(=O)CC(C)(C)C2. The molecule has 3 rings (SSSR count). The van der Waals surface area contributed by atoms with Gasteiger partial charge in [-0.05, 0) is 46.7 Å².